The summed E-state index contributed by atoms with van der Waals surface area (Å²) in [5, 5.41) is 3.76. The summed E-state index contributed by atoms with van der Waals surface area (Å²) in [6.45, 7) is 3.44. The van der Waals surface area contributed by atoms with E-state index in [1.165, 1.54) is 12.8 Å². The van der Waals surface area contributed by atoms with Crippen LogP contribution in [-0.2, 0) is 4.79 Å². The molecule has 2 aromatic carbocycles. The van der Waals surface area contributed by atoms with E-state index in [9.17, 15) is 9.59 Å². The number of benzene rings is 2. The Hall–Kier alpha value is -2.33. The molecule has 0 bridgehead atoms. The van der Waals surface area contributed by atoms with Gasteiger partial charge in [0, 0.05) is 23.7 Å². The van der Waals surface area contributed by atoms with Crippen LogP contribution in [0.25, 0.3) is 0 Å². The Morgan fingerprint density at radius 2 is 1.97 bits per heavy atom. The fraction of sp³-hybridized carbons (Fsp3) is 0.417. The molecule has 1 aliphatic heterocycles. The van der Waals surface area contributed by atoms with Crippen molar-refractivity contribution in [1.29, 1.82) is 0 Å². The maximum absolute atomic E-state index is 13.4. The summed E-state index contributed by atoms with van der Waals surface area (Å²) < 4.78 is 0. The molecule has 152 valence electrons. The van der Waals surface area contributed by atoms with Crippen LogP contribution in [0.15, 0.2) is 48.5 Å². The first-order chi connectivity index (χ1) is 14.1. The minimum absolute atomic E-state index is 0.00901. The van der Waals surface area contributed by atoms with Crippen LogP contribution in [0, 0.1) is 5.92 Å². The molecule has 5 heteroatoms. The molecule has 29 heavy (non-hydrogen) atoms. The van der Waals surface area contributed by atoms with Gasteiger partial charge in [-0.3, -0.25) is 9.59 Å². The molecule has 2 aromatic rings. The van der Waals surface area contributed by atoms with Gasteiger partial charge in [-0.05, 0) is 54.5 Å². The molecule has 0 radical (unpaired) electrons. The second-order valence-corrected chi connectivity index (χ2v) is 8.54. The van der Waals surface area contributed by atoms with Crippen molar-refractivity contribution in [3.63, 3.8) is 0 Å². The molecule has 2 aliphatic rings. The van der Waals surface area contributed by atoms with Crippen LogP contribution in [0.1, 0.15) is 66.1 Å². The largest absolute Gasteiger partial charge is 0.355 e. The zero-order valence-corrected chi connectivity index (χ0v) is 17.5. The van der Waals surface area contributed by atoms with Crippen LogP contribution in [0.3, 0.4) is 0 Å². The highest BCUT2D eigenvalue weighted by molar-refractivity contribution is 6.30. The number of rotatable bonds is 7. The normalized spacial score (nSPS) is 21.0. The van der Waals surface area contributed by atoms with E-state index in [0.717, 1.165) is 24.0 Å². The smallest absolute Gasteiger partial charge is 0.254 e. The lowest BCUT2D eigenvalue weighted by molar-refractivity contribution is -0.124. The summed E-state index contributed by atoms with van der Waals surface area (Å²) in [5.74, 6) is 0.131. The van der Waals surface area contributed by atoms with Crippen LogP contribution in [0.2, 0.25) is 5.02 Å². The molecule has 1 N–H and O–H groups in total. The number of nitrogens with one attached hydrogen (secondary N) is 1. The molecule has 4 rings (SSSR count). The Balaban J connectivity index is 1.79. The Labute approximate surface area is 177 Å². The van der Waals surface area contributed by atoms with Gasteiger partial charge in [0.25, 0.3) is 5.91 Å². The summed E-state index contributed by atoms with van der Waals surface area (Å²) in [4.78, 5) is 28.7. The van der Waals surface area contributed by atoms with E-state index in [-0.39, 0.29) is 17.9 Å². The molecule has 1 heterocycles. The van der Waals surface area contributed by atoms with E-state index in [1.807, 2.05) is 53.4 Å². The first-order valence-electron chi connectivity index (χ1n) is 10.5. The van der Waals surface area contributed by atoms with Gasteiger partial charge in [0.2, 0.25) is 5.91 Å². The van der Waals surface area contributed by atoms with Crippen molar-refractivity contribution in [2.75, 3.05) is 13.1 Å². The molecular weight excluding hydrogens is 384 g/mol. The van der Waals surface area contributed by atoms with Crippen molar-refractivity contribution < 1.29 is 9.59 Å². The standard InChI is InChI=1S/C24H27ClN2O2/c1-2-3-13-27-22(17-7-6-8-18(25)14-17)21(23(28)26-15-16-11-12-16)19-9-4-5-10-20(19)24(27)29/h4-10,14,16,21-22H,2-3,11-13,15H2,1H3,(H,26,28)/t21-,22-/m0/s1. The number of carbonyl (C=O) groups is 2. The maximum atomic E-state index is 13.4. The van der Waals surface area contributed by atoms with Gasteiger partial charge in [0.1, 0.15) is 0 Å². The quantitative estimate of drug-likeness (QED) is 0.702. The Morgan fingerprint density at radius 3 is 2.69 bits per heavy atom. The molecule has 0 unspecified atom stereocenters. The number of halogens is 1. The summed E-state index contributed by atoms with van der Waals surface area (Å²) >= 11 is 6.29. The molecule has 0 spiro atoms. The molecule has 2 amide bonds. The Morgan fingerprint density at radius 1 is 1.17 bits per heavy atom. The summed E-state index contributed by atoms with van der Waals surface area (Å²) in [7, 11) is 0. The third kappa shape index (κ3) is 4.18. The first kappa shape index (κ1) is 20.0. The number of fused-ring (bicyclic) bond motifs is 1. The van der Waals surface area contributed by atoms with E-state index < -0.39 is 5.92 Å². The van der Waals surface area contributed by atoms with E-state index in [0.29, 0.717) is 29.6 Å². The average molecular weight is 411 g/mol. The third-order valence-corrected chi connectivity index (χ3v) is 6.16. The highest BCUT2D eigenvalue weighted by Crippen LogP contribution is 2.43. The van der Waals surface area contributed by atoms with Crippen molar-refractivity contribution in [3.05, 3.63) is 70.2 Å². The Kier molecular flexibility index (Phi) is 5.91. The zero-order chi connectivity index (χ0) is 20.4. The molecule has 0 saturated heterocycles. The maximum Gasteiger partial charge on any atom is 0.254 e. The number of amides is 2. The van der Waals surface area contributed by atoms with Gasteiger partial charge in [0.05, 0.1) is 12.0 Å². The fourth-order valence-corrected chi connectivity index (χ4v) is 4.39. The zero-order valence-electron chi connectivity index (χ0n) is 16.7. The number of carbonyl (C=O) groups excluding carboxylic acids is 2. The average Bonchev–Trinajstić information content (AvgIpc) is 3.56. The molecule has 2 atom stereocenters. The molecule has 0 aromatic heterocycles. The van der Waals surface area contributed by atoms with E-state index in [2.05, 4.69) is 12.2 Å². The van der Waals surface area contributed by atoms with Gasteiger partial charge in [-0.25, -0.2) is 0 Å². The van der Waals surface area contributed by atoms with Crippen molar-refractivity contribution in [2.45, 2.75) is 44.6 Å². The lowest BCUT2D eigenvalue weighted by Crippen LogP contribution is -2.48. The minimum atomic E-state index is -0.446. The number of unbranched alkanes of at least 4 members (excludes halogenated alkanes) is 1. The van der Waals surface area contributed by atoms with Gasteiger partial charge in [-0.1, -0.05) is 55.3 Å². The van der Waals surface area contributed by atoms with Crippen LogP contribution in [0.4, 0.5) is 0 Å². The predicted octanol–water partition coefficient (Wildman–Crippen LogP) is 4.95. The number of nitrogens with zero attached hydrogens (tertiary/aromatic N) is 1. The van der Waals surface area contributed by atoms with Crippen molar-refractivity contribution >= 4 is 23.4 Å². The van der Waals surface area contributed by atoms with Crippen LogP contribution in [-0.4, -0.2) is 29.8 Å². The number of hydrogen-bond acceptors (Lipinski definition) is 2. The molecule has 1 aliphatic carbocycles. The lowest BCUT2D eigenvalue weighted by Gasteiger charge is -2.42. The van der Waals surface area contributed by atoms with Gasteiger partial charge in [-0.2, -0.15) is 0 Å². The van der Waals surface area contributed by atoms with E-state index in [1.54, 1.807) is 0 Å². The second kappa shape index (κ2) is 8.58. The third-order valence-electron chi connectivity index (χ3n) is 5.93. The first-order valence-corrected chi connectivity index (χ1v) is 10.9. The van der Waals surface area contributed by atoms with Crippen molar-refractivity contribution in [3.8, 4) is 0 Å². The van der Waals surface area contributed by atoms with Gasteiger partial charge in [0.15, 0.2) is 0 Å². The molecule has 1 saturated carbocycles. The molecular formula is C24H27ClN2O2. The van der Waals surface area contributed by atoms with Crippen molar-refractivity contribution in [2.24, 2.45) is 5.92 Å². The highest BCUT2D eigenvalue weighted by atomic mass is 35.5. The topological polar surface area (TPSA) is 49.4 Å². The predicted molar refractivity (Wildman–Crippen MR) is 115 cm³/mol. The minimum Gasteiger partial charge on any atom is -0.355 e. The summed E-state index contributed by atoms with van der Waals surface area (Å²) in [6, 6.07) is 14.7. The van der Waals surface area contributed by atoms with E-state index in [4.69, 9.17) is 11.6 Å². The van der Waals surface area contributed by atoms with Crippen LogP contribution >= 0.6 is 11.6 Å². The monoisotopic (exact) mass is 410 g/mol. The van der Waals surface area contributed by atoms with Gasteiger partial charge in [-0.15, -0.1) is 0 Å². The fourth-order valence-electron chi connectivity index (χ4n) is 4.19. The summed E-state index contributed by atoms with van der Waals surface area (Å²) in [6.07, 6.45) is 4.23. The Bertz CT molecular complexity index is 909. The highest BCUT2D eigenvalue weighted by Gasteiger charge is 2.44. The summed E-state index contributed by atoms with van der Waals surface area (Å²) in [5.41, 5.74) is 2.35. The molecule has 4 nitrogen and oxygen atoms in total. The van der Waals surface area contributed by atoms with E-state index >= 15 is 0 Å². The molecule has 1 fully saturated rings. The lowest BCUT2D eigenvalue weighted by atomic mass is 9.79. The van der Waals surface area contributed by atoms with Crippen molar-refractivity contribution in [1.82, 2.24) is 10.2 Å². The van der Waals surface area contributed by atoms with Gasteiger partial charge >= 0.3 is 0 Å². The van der Waals surface area contributed by atoms with Crippen LogP contribution < -0.4 is 5.32 Å². The van der Waals surface area contributed by atoms with Gasteiger partial charge < -0.3 is 10.2 Å². The number of hydrogen-bond donors (Lipinski definition) is 1. The second-order valence-electron chi connectivity index (χ2n) is 8.11. The SMILES string of the molecule is CCCCN1C(=O)c2ccccc2[C@H](C(=O)NCC2CC2)[C@@H]1c1cccc(Cl)c1. The van der Waals surface area contributed by atoms with Crippen LogP contribution in [0.5, 0.6) is 0 Å².